The Kier molecular flexibility index (Phi) is 4.74. The molecule has 2 aromatic rings. The molecule has 130 valence electrons. The van der Waals surface area contributed by atoms with E-state index in [1.54, 1.807) is 12.0 Å². The summed E-state index contributed by atoms with van der Waals surface area (Å²) in [5.74, 6) is 0.0624. The number of carbonyl (C=O) groups excluding carboxylic acids is 2. The fraction of sp³-hybridized carbons (Fsp3) is 0.300. The number of hydrogen-bond donors (Lipinski definition) is 1. The topological polar surface area (TPSA) is 58.6 Å². The molecule has 1 aliphatic heterocycles. The van der Waals surface area contributed by atoms with Crippen molar-refractivity contribution >= 4 is 23.2 Å². The molecule has 1 heterocycles. The van der Waals surface area contributed by atoms with E-state index >= 15 is 0 Å². The Labute approximate surface area is 147 Å². The molecule has 0 spiro atoms. The minimum absolute atomic E-state index is 0.0646. The Morgan fingerprint density at radius 2 is 1.96 bits per heavy atom. The first-order valence-electron chi connectivity index (χ1n) is 8.31. The minimum Gasteiger partial charge on any atom is -0.495 e. The number of amides is 2. The zero-order chi connectivity index (χ0) is 18.0. The molecule has 2 amide bonds. The molecule has 5 heteroatoms. The van der Waals surface area contributed by atoms with Crippen LogP contribution >= 0.6 is 0 Å². The lowest BCUT2D eigenvalue weighted by Gasteiger charge is -2.19. The molecule has 1 fully saturated rings. The Morgan fingerprint density at radius 3 is 2.68 bits per heavy atom. The zero-order valence-electron chi connectivity index (χ0n) is 14.7. The van der Waals surface area contributed by atoms with Crippen molar-refractivity contribution in [2.45, 2.75) is 20.3 Å². The molecule has 0 bridgehead atoms. The van der Waals surface area contributed by atoms with Crippen LogP contribution in [-0.4, -0.2) is 25.5 Å². The number of nitrogens with zero attached hydrogens (tertiary/aromatic N) is 1. The van der Waals surface area contributed by atoms with E-state index in [1.165, 1.54) is 0 Å². The fourth-order valence-corrected chi connectivity index (χ4v) is 3.16. The summed E-state index contributed by atoms with van der Waals surface area (Å²) in [7, 11) is 1.57. The summed E-state index contributed by atoms with van der Waals surface area (Å²) >= 11 is 0. The van der Waals surface area contributed by atoms with Gasteiger partial charge in [0.05, 0.1) is 18.7 Å². The summed E-state index contributed by atoms with van der Waals surface area (Å²) < 4.78 is 5.33. The van der Waals surface area contributed by atoms with E-state index in [0.29, 0.717) is 18.0 Å². The number of rotatable bonds is 4. The van der Waals surface area contributed by atoms with Crippen LogP contribution in [0.3, 0.4) is 0 Å². The summed E-state index contributed by atoms with van der Waals surface area (Å²) in [6.45, 7) is 4.33. The summed E-state index contributed by atoms with van der Waals surface area (Å²) in [5, 5.41) is 2.95. The first kappa shape index (κ1) is 17.0. The van der Waals surface area contributed by atoms with Crippen molar-refractivity contribution in [1.29, 1.82) is 0 Å². The highest BCUT2D eigenvalue weighted by Gasteiger charge is 2.36. The number of methoxy groups -OCH3 is 1. The van der Waals surface area contributed by atoms with Gasteiger partial charge in [-0.3, -0.25) is 9.59 Å². The van der Waals surface area contributed by atoms with Gasteiger partial charge in [-0.25, -0.2) is 0 Å². The normalized spacial score (nSPS) is 16.8. The monoisotopic (exact) mass is 338 g/mol. The highest BCUT2D eigenvalue weighted by molar-refractivity contribution is 6.04. The van der Waals surface area contributed by atoms with Crippen molar-refractivity contribution in [3.63, 3.8) is 0 Å². The lowest BCUT2D eigenvalue weighted by Crippen LogP contribution is -2.28. The lowest BCUT2D eigenvalue weighted by atomic mass is 10.1. The van der Waals surface area contributed by atoms with Crippen molar-refractivity contribution < 1.29 is 14.3 Å². The quantitative estimate of drug-likeness (QED) is 0.930. The molecule has 1 N–H and O–H groups in total. The molecule has 5 nitrogen and oxygen atoms in total. The van der Waals surface area contributed by atoms with Gasteiger partial charge >= 0.3 is 0 Å². The third-order valence-corrected chi connectivity index (χ3v) is 4.51. The number of hydrogen-bond acceptors (Lipinski definition) is 3. The highest BCUT2D eigenvalue weighted by atomic mass is 16.5. The zero-order valence-corrected chi connectivity index (χ0v) is 14.7. The standard InChI is InChI=1S/C20H22N2O3/c1-13-8-9-16(14(2)10-13)21-20(24)15-11-19(23)22(12-15)17-6-4-5-7-18(17)25-3/h4-10,15H,11-12H2,1-3H3,(H,21,24)/t15-/m1/s1. The Hall–Kier alpha value is -2.82. The highest BCUT2D eigenvalue weighted by Crippen LogP contribution is 2.33. The minimum atomic E-state index is -0.377. The second-order valence-electron chi connectivity index (χ2n) is 6.38. The van der Waals surface area contributed by atoms with E-state index in [0.717, 1.165) is 16.8 Å². The van der Waals surface area contributed by atoms with Crippen molar-refractivity contribution in [2.24, 2.45) is 5.92 Å². The van der Waals surface area contributed by atoms with Gasteiger partial charge in [-0.15, -0.1) is 0 Å². The number of anilines is 2. The van der Waals surface area contributed by atoms with E-state index in [-0.39, 0.29) is 24.2 Å². The third kappa shape index (κ3) is 3.50. The van der Waals surface area contributed by atoms with Crippen LogP contribution in [0.5, 0.6) is 5.75 Å². The number of aryl methyl sites for hydroxylation is 2. The van der Waals surface area contributed by atoms with Gasteiger partial charge in [0.2, 0.25) is 11.8 Å². The average Bonchev–Trinajstić information content (AvgIpc) is 2.99. The van der Waals surface area contributed by atoms with Gasteiger partial charge in [0, 0.05) is 18.7 Å². The predicted molar refractivity (Wildman–Crippen MR) is 98.0 cm³/mol. The van der Waals surface area contributed by atoms with E-state index < -0.39 is 0 Å². The SMILES string of the molecule is COc1ccccc1N1C[C@H](C(=O)Nc2ccc(C)cc2C)CC1=O. The molecule has 2 aromatic carbocycles. The van der Waals surface area contributed by atoms with Crippen LogP contribution in [0.4, 0.5) is 11.4 Å². The molecule has 0 radical (unpaired) electrons. The van der Waals surface area contributed by atoms with Crippen LogP contribution in [-0.2, 0) is 9.59 Å². The molecule has 3 rings (SSSR count). The van der Waals surface area contributed by atoms with Gasteiger partial charge in [-0.05, 0) is 37.6 Å². The molecule has 0 saturated carbocycles. The molecule has 0 aromatic heterocycles. The van der Waals surface area contributed by atoms with Gasteiger partial charge in [-0.1, -0.05) is 29.8 Å². The maximum Gasteiger partial charge on any atom is 0.229 e. The Bertz CT molecular complexity index is 816. The van der Waals surface area contributed by atoms with Gasteiger partial charge in [-0.2, -0.15) is 0 Å². The molecular formula is C20H22N2O3. The van der Waals surface area contributed by atoms with Crippen molar-refractivity contribution in [3.05, 3.63) is 53.6 Å². The number of ether oxygens (including phenoxy) is 1. The van der Waals surface area contributed by atoms with E-state index in [1.807, 2.05) is 56.3 Å². The molecule has 1 saturated heterocycles. The van der Waals surface area contributed by atoms with E-state index in [9.17, 15) is 9.59 Å². The van der Waals surface area contributed by atoms with Crippen molar-refractivity contribution in [3.8, 4) is 5.75 Å². The largest absolute Gasteiger partial charge is 0.495 e. The number of benzene rings is 2. The van der Waals surface area contributed by atoms with Crippen LogP contribution in [0, 0.1) is 19.8 Å². The van der Waals surface area contributed by atoms with Crippen LogP contribution in [0.2, 0.25) is 0 Å². The van der Waals surface area contributed by atoms with E-state index in [4.69, 9.17) is 4.74 Å². The van der Waals surface area contributed by atoms with Crippen LogP contribution < -0.4 is 15.0 Å². The summed E-state index contributed by atoms with van der Waals surface area (Å²) in [4.78, 5) is 26.6. The van der Waals surface area contributed by atoms with Gasteiger partial charge in [0.25, 0.3) is 0 Å². The summed E-state index contributed by atoms with van der Waals surface area (Å²) in [6, 6.07) is 13.2. The maximum atomic E-state index is 12.6. The molecule has 25 heavy (non-hydrogen) atoms. The summed E-state index contributed by atoms with van der Waals surface area (Å²) in [5.41, 5.74) is 3.66. The Morgan fingerprint density at radius 1 is 1.20 bits per heavy atom. The molecule has 0 unspecified atom stereocenters. The fourth-order valence-electron chi connectivity index (χ4n) is 3.16. The molecule has 0 aliphatic carbocycles. The summed E-state index contributed by atoms with van der Waals surface area (Å²) in [6.07, 6.45) is 0.203. The van der Waals surface area contributed by atoms with Gasteiger partial charge in [0.15, 0.2) is 0 Å². The predicted octanol–water partition coefficient (Wildman–Crippen LogP) is 3.30. The van der Waals surface area contributed by atoms with Crippen molar-refractivity contribution in [1.82, 2.24) is 0 Å². The van der Waals surface area contributed by atoms with Crippen LogP contribution in [0.25, 0.3) is 0 Å². The first-order valence-corrected chi connectivity index (χ1v) is 8.31. The Balaban J connectivity index is 1.74. The van der Waals surface area contributed by atoms with Gasteiger partial charge in [0.1, 0.15) is 5.75 Å². The lowest BCUT2D eigenvalue weighted by molar-refractivity contribution is -0.122. The average molecular weight is 338 g/mol. The molecule has 1 atom stereocenters. The smallest absolute Gasteiger partial charge is 0.229 e. The van der Waals surface area contributed by atoms with Crippen LogP contribution in [0.15, 0.2) is 42.5 Å². The van der Waals surface area contributed by atoms with Gasteiger partial charge < -0.3 is 15.0 Å². The number of carbonyl (C=O) groups is 2. The third-order valence-electron chi connectivity index (χ3n) is 4.51. The maximum absolute atomic E-state index is 12.6. The second-order valence-corrected chi connectivity index (χ2v) is 6.38. The van der Waals surface area contributed by atoms with E-state index in [2.05, 4.69) is 5.32 Å². The first-order chi connectivity index (χ1) is 12.0. The number of para-hydroxylation sites is 2. The molecule has 1 aliphatic rings. The second kappa shape index (κ2) is 6.97. The number of nitrogens with one attached hydrogen (secondary N) is 1. The molecular weight excluding hydrogens is 316 g/mol. The van der Waals surface area contributed by atoms with Crippen LogP contribution in [0.1, 0.15) is 17.5 Å². The van der Waals surface area contributed by atoms with Crippen molar-refractivity contribution in [2.75, 3.05) is 23.9 Å².